The summed E-state index contributed by atoms with van der Waals surface area (Å²) in [7, 11) is 0. The Morgan fingerprint density at radius 1 is 0.862 bits per heavy atom. The molecule has 2 saturated heterocycles. The Morgan fingerprint density at radius 2 is 1.52 bits per heavy atom. The number of likely N-dealkylation sites (tertiary alicyclic amines) is 1. The van der Waals surface area contributed by atoms with E-state index in [1.54, 1.807) is 0 Å². The van der Waals surface area contributed by atoms with Gasteiger partial charge in [-0.25, -0.2) is 0 Å². The zero-order valence-electron chi connectivity index (χ0n) is 17.4. The van der Waals surface area contributed by atoms with E-state index in [0.717, 1.165) is 57.5 Å². The van der Waals surface area contributed by atoms with Crippen molar-refractivity contribution in [2.24, 2.45) is 5.92 Å². The highest BCUT2D eigenvalue weighted by molar-refractivity contribution is 5.92. The molecule has 0 unspecified atom stereocenters. The van der Waals surface area contributed by atoms with Crippen LogP contribution in [0, 0.1) is 5.92 Å². The summed E-state index contributed by atoms with van der Waals surface area (Å²) in [5.74, 6) is 0.343. The van der Waals surface area contributed by atoms with E-state index >= 15 is 0 Å². The second-order valence-corrected chi connectivity index (χ2v) is 8.83. The number of carbonyl (C=O) groups excluding carboxylic acids is 2. The molecule has 4 rings (SSSR count). The summed E-state index contributed by atoms with van der Waals surface area (Å²) in [6.07, 6.45) is 9.12. The Hall–Kier alpha value is -2.08. The second-order valence-electron chi connectivity index (χ2n) is 8.83. The van der Waals surface area contributed by atoms with E-state index in [0.29, 0.717) is 12.6 Å². The van der Waals surface area contributed by atoms with Crippen molar-refractivity contribution in [2.45, 2.75) is 57.4 Å². The normalized spacial score (nSPS) is 21.4. The third-order valence-electron chi connectivity index (χ3n) is 6.37. The molecule has 6 heteroatoms. The molecule has 3 fully saturated rings. The van der Waals surface area contributed by atoms with Gasteiger partial charge in [0.1, 0.15) is 0 Å². The molecule has 1 aromatic carbocycles. The Labute approximate surface area is 174 Å². The molecule has 1 saturated carbocycles. The monoisotopic (exact) mass is 398 g/mol. The quantitative estimate of drug-likeness (QED) is 0.773. The number of rotatable bonds is 6. The van der Waals surface area contributed by atoms with Crippen molar-refractivity contribution >= 4 is 23.2 Å². The van der Waals surface area contributed by atoms with Gasteiger partial charge in [-0.15, -0.1) is 0 Å². The fourth-order valence-corrected chi connectivity index (χ4v) is 4.39. The third-order valence-corrected chi connectivity index (χ3v) is 6.37. The molecule has 0 aromatic heterocycles. The van der Waals surface area contributed by atoms with Gasteiger partial charge in [-0.05, 0) is 75.9 Å². The molecule has 29 heavy (non-hydrogen) atoms. The molecule has 1 aliphatic carbocycles. The van der Waals surface area contributed by atoms with Crippen molar-refractivity contribution < 1.29 is 9.59 Å². The summed E-state index contributed by atoms with van der Waals surface area (Å²) in [4.78, 5) is 29.2. The Kier molecular flexibility index (Phi) is 6.70. The Morgan fingerprint density at radius 3 is 2.14 bits per heavy atom. The first-order chi connectivity index (χ1) is 14.2. The predicted octanol–water partition coefficient (Wildman–Crippen LogP) is 3.00. The van der Waals surface area contributed by atoms with Gasteiger partial charge in [0.2, 0.25) is 11.8 Å². The van der Waals surface area contributed by atoms with Gasteiger partial charge in [0.05, 0.1) is 6.54 Å². The molecule has 2 amide bonds. The van der Waals surface area contributed by atoms with Crippen molar-refractivity contribution in [1.82, 2.24) is 10.2 Å². The average Bonchev–Trinajstić information content (AvgIpc) is 3.56. The molecule has 0 bridgehead atoms. The minimum absolute atomic E-state index is 0.0217. The van der Waals surface area contributed by atoms with E-state index in [-0.39, 0.29) is 17.7 Å². The minimum atomic E-state index is 0.0217. The molecule has 1 aromatic rings. The van der Waals surface area contributed by atoms with E-state index in [1.807, 2.05) is 12.1 Å². The second kappa shape index (κ2) is 9.61. The molecule has 2 aliphatic heterocycles. The molecule has 0 spiro atoms. The van der Waals surface area contributed by atoms with E-state index in [1.165, 1.54) is 31.4 Å². The first kappa shape index (κ1) is 20.2. The molecule has 2 N–H and O–H groups in total. The lowest BCUT2D eigenvalue weighted by Crippen LogP contribution is -2.43. The number of hydrogen-bond acceptors (Lipinski definition) is 4. The number of amides is 2. The topological polar surface area (TPSA) is 64.7 Å². The van der Waals surface area contributed by atoms with Crippen LogP contribution in [0.15, 0.2) is 24.3 Å². The maximum Gasteiger partial charge on any atom is 0.238 e. The Bertz CT molecular complexity index is 685. The van der Waals surface area contributed by atoms with Crippen molar-refractivity contribution in [2.75, 3.05) is 42.9 Å². The van der Waals surface area contributed by atoms with Gasteiger partial charge in [0.25, 0.3) is 0 Å². The maximum atomic E-state index is 12.4. The average molecular weight is 399 g/mol. The van der Waals surface area contributed by atoms with Crippen LogP contribution in [0.1, 0.15) is 51.4 Å². The SMILES string of the molecule is O=C(CN1CCC(C(=O)NC2CC2)CC1)Nc1ccc(N2CCCCCC2)cc1. The van der Waals surface area contributed by atoms with Crippen LogP contribution in [0.2, 0.25) is 0 Å². The predicted molar refractivity (Wildman–Crippen MR) is 116 cm³/mol. The molecular formula is C23H34N4O2. The van der Waals surface area contributed by atoms with Crippen molar-refractivity contribution in [1.29, 1.82) is 0 Å². The van der Waals surface area contributed by atoms with Crippen LogP contribution in [-0.4, -0.2) is 55.5 Å². The maximum absolute atomic E-state index is 12.4. The molecule has 3 aliphatic rings. The lowest BCUT2D eigenvalue weighted by Gasteiger charge is -2.30. The number of nitrogens with one attached hydrogen (secondary N) is 2. The Balaban J connectivity index is 1.20. The lowest BCUT2D eigenvalue weighted by molar-refractivity contribution is -0.126. The highest BCUT2D eigenvalue weighted by Crippen LogP contribution is 2.23. The zero-order valence-corrected chi connectivity index (χ0v) is 17.4. The van der Waals surface area contributed by atoms with Crippen LogP contribution >= 0.6 is 0 Å². The minimum Gasteiger partial charge on any atom is -0.372 e. The summed E-state index contributed by atoms with van der Waals surface area (Å²) in [5.41, 5.74) is 2.10. The number of piperidine rings is 1. The van der Waals surface area contributed by atoms with Crippen molar-refractivity contribution in [3.8, 4) is 0 Å². The van der Waals surface area contributed by atoms with Gasteiger partial charge in [-0.3, -0.25) is 14.5 Å². The molecule has 0 radical (unpaired) electrons. The zero-order chi connectivity index (χ0) is 20.1. The molecular weight excluding hydrogens is 364 g/mol. The lowest BCUT2D eigenvalue weighted by atomic mass is 9.96. The fourth-order valence-electron chi connectivity index (χ4n) is 4.39. The van der Waals surface area contributed by atoms with Gasteiger partial charge in [-0.1, -0.05) is 12.8 Å². The van der Waals surface area contributed by atoms with Crippen LogP contribution in [0.3, 0.4) is 0 Å². The summed E-state index contributed by atoms with van der Waals surface area (Å²) in [5, 5.41) is 6.12. The van der Waals surface area contributed by atoms with Gasteiger partial charge in [-0.2, -0.15) is 0 Å². The van der Waals surface area contributed by atoms with E-state index < -0.39 is 0 Å². The number of carbonyl (C=O) groups is 2. The van der Waals surface area contributed by atoms with Gasteiger partial charge < -0.3 is 15.5 Å². The largest absolute Gasteiger partial charge is 0.372 e. The molecule has 6 nitrogen and oxygen atoms in total. The summed E-state index contributed by atoms with van der Waals surface area (Å²) < 4.78 is 0. The first-order valence-corrected chi connectivity index (χ1v) is 11.3. The summed E-state index contributed by atoms with van der Waals surface area (Å²) in [6, 6.07) is 8.67. The molecule has 0 atom stereocenters. The van der Waals surface area contributed by atoms with Crippen LogP contribution < -0.4 is 15.5 Å². The van der Waals surface area contributed by atoms with Crippen LogP contribution in [-0.2, 0) is 9.59 Å². The van der Waals surface area contributed by atoms with Crippen LogP contribution in [0.25, 0.3) is 0 Å². The smallest absolute Gasteiger partial charge is 0.238 e. The standard InChI is InChI=1S/C23H34N4O2/c28-22(17-26-15-11-18(12-16-26)23(29)25-20-5-6-20)24-19-7-9-21(10-8-19)27-13-3-1-2-4-14-27/h7-10,18,20H,1-6,11-17H2,(H,24,28)(H,25,29). The van der Waals surface area contributed by atoms with E-state index in [4.69, 9.17) is 0 Å². The highest BCUT2D eigenvalue weighted by atomic mass is 16.2. The van der Waals surface area contributed by atoms with Gasteiger partial charge in [0, 0.05) is 36.4 Å². The van der Waals surface area contributed by atoms with Gasteiger partial charge >= 0.3 is 0 Å². The highest BCUT2D eigenvalue weighted by Gasteiger charge is 2.30. The number of nitrogens with zero attached hydrogens (tertiary/aromatic N) is 2. The number of hydrogen-bond donors (Lipinski definition) is 2. The van der Waals surface area contributed by atoms with E-state index in [9.17, 15) is 9.59 Å². The van der Waals surface area contributed by atoms with Crippen molar-refractivity contribution in [3.63, 3.8) is 0 Å². The summed E-state index contributed by atoms with van der Waals surface area (Å²) in [6.45, 7) is 4.26. The fraction of sp³-hybridized carbons (Fsp3) is 0.652. The molecule has 158 valence electrons. The first-order valence-electron chi connectivity index (χ1n) is 11.3. The van der Waals surface area contributed by atoms with Crippen LogP contribution in [0.5, 0.6) is 0 Å². The number of benzene rings is 1. The summed E-state index contributed by atoms with van der Waals surface area (Å²) >= 11 is 0. The van der Waals surface area contributed by atoms with Crippen LogP contribution in [0.4, 0.5) is 11.4 Å². The van der Waals surface area contributed by atoms with Gasteiger partial charge in [0.15, 0.2) is 0 Å². The molecule has 2 heterocycles. The third kappa shape index (κ3) is 5.95. The number of anilines is 2. The van der Waals surface area contributed by atoms with Crippen molar-refractivity contribution in [3.05, 3.63) is 24.3 Å². The van der Waals surface area contributed by atoms with E-state index in [2.05, 4.69) is 32.6 Å².